The van der Waals surface area contributed by atoms with Gasteiger partial charge in [0.15, 0.2) is 11.5 Å². The van der Waals surface area contributed by atoms with Crippen molar-refractivity contribution >= 4 is 35.3 Å². The molecule has 126 valence electrons. The highest BCUT2D eigenvalue weighted by Crippen LogP contribution is 2.39. The van der Waals surface area contributed by atoms with Gasteiger partial charge in [-0.05, 0) is 26.0 Å². The number of carbonyl (C=O) groups excluding carboxylic acids is 1. The van der Waals surface area contributed by atoms with Crippen LogP contribution in [0.1, 0.15) is 28.5 Å². The molecule has 2 N–H and O–H groups in total. The lowest BCUT2D eigenvalue weighted by Gasteiger charge is -2.10. The standard InChI is InChI=1S/C16H15Cl2N3O3/c1-3-24-13-6-12(17)14(18)11(15(13)22)8-20-21-16(23)10-5-4-9(2)19-7-10/h4-8,22H,3H2,1-2H3,(H,21,23)/b20-8+. The third kappa shape index (κ3) is 4.15. The minimum absolute atomic E-state index is 0.104. The fourth-order valence-corrected chi connectivity index (χ4v) is 2.21. The number of hydrogen-bond donors (Lipinski definition) is 2. The van der Waals surface area contributed by atoms with Gasteiger partial charge in [0.2, 0.25) is 0 Å². The fourth-order valence-electron chi connectivity index (χ4n) is 1.82. The maximum absolute atomic E-state index is 11.9. The molecular weight excluding hydrogens is 353 g/mol. The van der Waals surface area contributed by atoms with Gasteiger partial charge in [0.05, 0.1) is 34.0 Å². The molecule has 0 bridgehead atoms. The van der Waals surface area contributed by atoms with E-state index in [1.807, 2.05) is 6.92 Å². The smallest absolute Gasteiger partial charge is 0.272 e. The van der Waals surface area contributed by atoms with Gasteiger partial charge in [0.1, 0.15) is 0 Å². The maximum atomic E-state index is 11.9. The second-order valence-corrected chi connectivity index (χ2v) is 5.54. The third-order valence-corrected chi connectivity index (χ3v) is 3.83. The molecule has 1 heterocycles. The van der Waals surface area contributed by atoms with E-state index in [1.165, 1.54) is 18.5 Å². The van der Waals surface area contributed by atoms with Crippen LogP contribution in [0.5, 0.6) is 11.5 Å². The molecule has 0 aliphatic heterocycles. The number of benzene rings is 1. The minimum Gasteiger partial charge on any atom is -0.504 e. The van der Waals surface area contributed by atoms with Gasteiger partial charge in [-0.3, -0.25) is 9.78 Å². The van der Waals surface area contributed by atoms with E-state index >= 15 is 0 Å². The number of aryl methyl sites for hydroxylation is 1. The van der Waals surface area contributed by atoms with E-state index in [0.717, 1.165) is 5.69 Å². The van der Waals surface area contributed by atoms with Crippen molar-refractivity contribution in [3.05, 3.63) is 51.3 Å². The molecule has 0 fully saturated rings. The van der Waals surface area contributed by atoms with Crippen LogP contribution in [0, 0.1) is 6.92 Å². The van der Waals surface area contributed by atoms with Crippen LogP contribution in [-0.2, 0) is 0 Å². The molecule has 0 aliphatic carbocycles. The number of pyridine rings is 1. The molecule has 2 aromatic rings. The van der Waals surface area contributed by atoms with Crippen molar-refractivity contribution in [1.82, 2.24) is 10.4 Å². The normalized spacial score (nSPS) is 10.8. The lowest BCUT2D eigenvalue weighted by molar-refractivity contribution is 0.0954. The summed E-state index contributed by atoms with van der Waals surface area (Å²) in [5.74, 6) is -0.468. The Balaban J connectivity index is 2.19. The van der Waals surface area contributed by atoms with E-state index in [0.29, 0.717) is 12.2 Å². The SMILES string of the molecule is CCOc1cc(Cl)c(Cl)c(/C=N/NC(=O)c2ccc(C)nc2)c1O. The Morgan fingerprint density at radius 2 is 2.21 bits per heavy atom. The summed E-state index contributed by atoms with van der Waals surface area (Å²) >= 11 is 12.1. The first kappa shape index (κ1) is 18.0. The number of aromatic hydroxyl groups is 1. The molecule has 8 heteroatoms. The number of halogens is 2. The minimum atomic E-state index is -0.443. The number of phenols is 1. The molecule has 0 spiro atoms. The van der Waals surface area contributed by atoms with Crippen LogP contribution in [0.3, 0.4) is 0 Å². The van der Waals surface area contributed by atoms with Crippen LogP contribution < -0.4 is 10.2 Å². The van der Waals surface area contributed by atoms with Crippen molar-refractivity contribution in [2.45, 2.75) is 13.8 Å². The number of hydrogen-bond acceptors (Lipinski definition) is 5. The highest BCUT2D eigenvalue weighted by molar-refractivity contribution is 6.43. The first-order valence-electron chi connectivity index (χ1n) is 7.03. The summed E-state index contributed by atoms with van der Waals surface area (Å²) < 4.78 is 5.27. The molecule has 0 saturated heterocycles. The zero-order valence-corrected chi connectivity index (χ0v) is 14.5. The Morgan fingerprint density at radius 3 is 2.83 bits per heavy atom. The highest BCUT2D eigenvalue weighted by atomic mass is 35.5. The summed E-state index contributed by atoms with van der Waals surface area (Å²) in [5, 5.41) is 14.3. The second kappa shape index (κ2) is 7.99. The number of rotatable bonds is 5. The Hall–Kier alpha value is -2.31. The van der Waals surface area contributed by atoms with Crippen LogP contribution in [-0.4, -0.2) is 28.8 Å². The van der Waals surface area contributed by atoms with Crippen molar-refractivity contribution in [3.63, 3.8) is 0 Å². The van der Waals surface area contributed by atoms with E-state index < -0.39 is 5.91 Å². The third-order valence-electron chi connectivity index (χ3n) is 3.03. The predicted molar refractivity (Wildman–Crippen MR) is 93.3 cm³/mol. The van der Waals surface area contributed by atoms with Gasteiger partial charge in [-0.15, -0.1) is 0 Å². The molecule has 0 aliphatic rings. The molecule has 0 saturated carbocycles. The number of nitrogens with one attached hydrogen (secondary N) is 1. The Labute approximate surface area is 149 Å². The van der Waals surface area contributed by atoms with Gasteiger partial charge in [-0.25, -0.2) is 5.43 Å². The van der Waals surface area contributed by atoms with Gasteiger partial charge in [0.25, 0.3) is 5.91 Å². The van der Waals surface area contributed by atoms with Crippen LogP contribution >= 0.6 is 23.2 Å². The summed E-state index contributed by atoms with van der Waals surface area (Å²) in [6.45, 7) is 3.94. The van der Waals surface area contributed by atoms with Crippen LogP contribution in [0.25, 0.3) is 0 Å². The van der Waals surface area contributed by atoms with Crippen LogP contribution in [0.4, 0.5) is 0 Å². The number of phenolic OH excluding ortho intramolecular Hbond substituents is 1. The van der Waals surface area contributed by atoms with Crippen molar-refractivity contribution < 1.29 is 14.6 Å². The van der Waals surface area contributed by atoms with Crippen molar-refractivity contribution in [2.75, 3.05) is 6.61 Å². The van der Waals surface area contributed by atoms with Crippen LogP contribution in [0.2, 0.25) is 10.0 Å². The van der Waals surface area contributed by atoms with E-state index in [1.54, 1.807) is 19.1 Å². The number of aromatic nitrogens is 1. The van der Waals surface area contributed by atoms with Gasteiger partial charge in [0, 0.05) is 18.0 Å². The molecule has 0 atom stereocenters. The highest BCUT2D eigenvalue weighted by Gasteiger charge is 2.15. The molecule has 1 aromatic carbocycles. The van der Waals surface area contributed by atoms with Crippen molar-refractivity contribution in [1.29, 1.82) is 0 Å². The molecule has 0 radical (unpaired) electrons. The fraction of sp³-hybridized carbons (Fsp3) is 0.188. The molecular formula is C16H15Cl2N3O3. The Bertz CT molecular complexity index is 777. The number of hydrazone groups is 1. The Kier molecular flexibility index (Phi) is 6.00. The predicted octanol–water partition coefficient (Wildman–Crippen LogP) is 3.57. The first-order valence-corrected chi connectivity index (χ1v) is 7.79. The molecule has 1 aromatic heterocycles. The van der Waals surface area contributed by atoms with Gasteiger partial charge >= 0.3 is 0 Å². The lowest BCUT2D eigenvalue weighted by atomic mass is 10.2. The largest absolute Gasteiger partial charge is 0.504 e. The zero-order valence-electron chi connectivity index (χ0n) is 13.0. The quantitative estimate of drug-likeness (QED) is 0.624. The molecule has 1 amide bonds. The van der Waals surface area contributed by atoms with Gasteiger partial charge < -0.3 is 9.84 Å². The average molecular weight is 368 g/mol. The lowest BCUT2D eigenvalue weighted by Crippen LogP contribution is -2.17. The summed E-state index contributed by atoms with van der Waals surface area (Å²) in [6.07, 6.45) is 2.64. The van der Waals surface area contributed by atoms with E-state index in [2.05, 4.69) is 15.5 Å². The zero-order chi connectivity index (χ0) is 17.7. The Morgan fingerprint density at radius 1 is 1.46 bits per heavy atom. The average Bonchev–Trinajstić information content (AvgIpc) is 2.56. The van der Waals surface area contributed by atoms with E-state index in [-0.39, 0.29) is 27.1 Å². The summed E-state index contributed by atoms with van der Waals surface area (Å²) in [5.41, 5.74) is 3.63. The summed E-state index contributed by atoms with van der Waals surface area (Å²) in [6, 6.07) is 4.76. The number of carbonyl (C=O) groups is 1. The maximum Gasteiger partial charge on any atom is 0.272 e. The molecule has 24 heavy (non-hydrogen) atoms. The van der Waals surface area contributed by atoms with Crippen LogP contribution in [0.15, 0.2) is 29.5 Å². The van der Waals surface area contributed by atoms with Crippen molar-refractivity contribution in [2.24, 2.45) is 5.10 Å². The monoisotopic (exact) mass is 367 g/mol. The molecule has 2 rings (SSSR count). The summed E-state index contributed by atoms with van der Waals surface area (Å²) in [7, 11) is 0. The van der Waals surface area contributed by atoms with E-state index in [4.69, 9.17) is 27.9 Å². The number of nitrogens with zero attached hydrogens (tertiary/aromatic N) is 2. The molecule has 0 unspecified atom stereocenters. The number of amides is 1. The second-order valence-electron chi connectivity index (χ2n) is 4.75. The first-order chi connectivity index (χ1) is 11.4. The van der Waals surface area contributed by atoms with E-state index in [9.17, 15) is 9.90 Å². The summed E-state index contributed by atoms with van der Waals surface area (Å²) in [4.78, 5) is 16.0. The molecule has 6 nitrogen and oxygen atoms in total. The van der Waals surface area contributed by atoms with Crippen molar-refractivity contribution in [3.8, 4) is 11.5 Å². The number of ether oxygens (including phenoxy) is 1. The van der Waals surface area contributed by atoms with Gasteiger partial charge in [-0.1, -0.05) is 23.2 Å². The topological polar surface area (TPSA) is 83.8 Å². The van der Waals surface area contributed by atoms with Gasteiger partial charge in [-0.2, -0.15) is 5.10 Å².